The lowest BCUT2D eigenvalue weighted by Crippen LogP contribution is -2.40. The summed E-state index contributed by atoms with van der Waals surface area (Å²) in [6.07, 6.45) is 2.72. The molecule has 0 aromatic heterocycles. The molecule has 1 N–H and O–H groups in total. The van der Waals surface area contributed by atoms with Gasteiger partial charge >= 0.3 is 0 Å². The average molecular weight is 287 g/mol. The van der Waals surface area contributed by atoms with Crippen LogP contribution in [0.15, 0.2) is 54.6 Å². The first kappa shape index (κ1) is 14.2. The summed E-state index contributed by atoms with van der Waals surface area (Å²) in [5.41, 5.74) is 2.71. The highest BCUT2D eigenvalue weighted by Crippen LogP contribution is 2.28. The number of aryl methyl sites for hydroxylation is 1. The molecule has 1 nitrogen and oxygen atoms in total. The van der Waals surface area contributed by atoms with Crippen molar-refractivity contribution in [3.63, 3.8) is 0 Å². The van der Waals surface area contributed by atoms with Crippen molar-refractivity contribution >= 4 is 0 Å². The molecule has 0 radical (unpaired) electrons. The van der Waals surface area contributed by atoms with Crippen LogP contribution in [0.3, 0.4) is 0 Å². The van der Waals surface area contributed by atoms with E-state index in [0.29, 0.717) is 0 Å². The summed E-state index contributed by atoms with van der Waals surface area (Å²) >= 11 is 0. The van der Waals surface area contributed by atoms with Crippen molar-refractivity contribution in [2.24, 2.45) is 0 Å². The molecule has 0 amide bonds. The Morgan fingerprint density at radius 1 is 0.952 bits per heavy atom. The Hall–Kier alpha value is -1.74. The van der Waals surface area contributed by atoms with E-state index in [1.807, 2.05) is 12.1 Å². The van der Waals surface area contributed by atoms with E-state index in [1.54, 1.807) is 18.2 Å². The molecule has 0 fully saturated rings. The predicted molar refractivity (Wildman–Crippen MR) is 80.6 cm³/mol. The number of fused-ring (bicyclic) bond motifs is 1. The maximum Gasteiger partial charge on any atom is 0.285 e. The normalized spacial score (nSPS) is 18.3. The van der Waals surface area contributed by atoms with Crippen molar-refractivity contribution in [3.8, 4) is 0 Å². The van der Waals surface area contributed by atoms with Crippen LogP contribution in [0, 0.1) is 0 Å². The summed E-state index contributed by atoms with van der Waals surface area (Å²) in [6.45, 7) is -0.302. The van der Waals surface area contributed by atoms with Crippen LogP contribution >= 0.6 is 0 Å². The van der Waals surface area contributed by atoms with Crippen molar-refractivity contribution in [2.45, 2.75) is 31.2 Å². The molecule has 110 valence electrons. The average Bonchev–Trinajstić information content (AvgIpc) is 2.54. The van der Waals surface area contributed by atoms with Gasteiger partial charge in [0.05, 0.1) is 6.54 Å². The van der Waals surface area contributed by atoms with Gasteiger partial charge in [-0.15, -0.1) is 0 Å². The van der Waals surface area contributed by atoms with E-state index >= 15 is 0 Å². The van der Waals surface area contributed by atoms with Crippen LogP contribution in [0.25, 0.3) is 0 Å². The van der Waals surface area contributed by atoms with E-state index in [4.69, 9.17) is 0 Å². The molecular weight excluding hydrogens is 268 g/mol. The highest BCUT2D eigenvalue weighted by Gasteiger charge is 2.32. The molecule has 0 saturated heterocycles. The molecule has 0 spiro atoms. The molecule has 1 atom stereocenters. The molecule has 0 saturated carbocycles. The first-order chi connectivity index (χ1) is 10.1. The Morgan fingerprint density at radius 2 is 1.62 bits per heavy atom. The third kappa shape index (κ3) is 3.30. The summed E-state index contributed by atoms with van der Waals surface area (Å²) in [4.78, 5) is 0. The molecule has 21 heavy (non-hydrogen) atoms. The fourth-order valence-electron chi connectivity index (χ4n) is 2.93. The van der Waals surface area contributed by atoms with Gasteiger partial charge in [-0.25, -0.2) is 0 Å². The van der Waals surface area contributed by atoms with Crippen molar-refractivity contribution in [1.82, 2.24) is 5.32 Å². The molecule has 3 heteroatoms. The first-order valence-electron chi connectivity index (χ1n) is 7.39. The summed E-state index contributed by atoms with van der Waals surface area (Å²) < 4.78 is 28.3. The summed E-state index contributed by atoms with van der Waals surface area (Å²) in [6, 6.07) is 16.4. The highest BCUT2D eigenvalue weighted by molar-refractivity contribution is 5.30. The number of rotatable bonds is 4. The zero-order valence-corrected chi connectivity index (χ0v) is 11.9. The Kier molecular flexibility index (Phi) is 4.02. The van der Waals surface area contributed by atoms with Gasteiger partial charge in [-0.1, -0.05) is 54.6 Å². The van der Waals surface area contributed by atoms with Gasteiger partial charge in [0.1, 0.15) is 0 Å². The number of nitrogens with one attached hydrogen (secondary N) is 1. The predicted octanol–water partition coefficient (Wildman–Crippen LogP) is 3.93. The Labute approximate surface area is 124 Å². The van der Waals surface area contributed by atoms with Gasteiger partial charge < -0.3 is 5.32 Å². The SMILES string of the molecule is FC(F)(CNC1CCc2ccccc2C1)c1ccccc1. The van der Waals surface area contributed by atoms with Crippen LogP contribution < -0.4 is 5.32 Å². The van der Waals surface area contributed by atoms with Crippen LogP contribution in [0.2, 0.25) is 0 Å². The van der Waals surface area contributed by atoms with E-state index in [9.17, 15) is 8.78 Å². The van der Waals surface area contributed by atoms with Crippen LogP contribution in [-0.4, -0.2) is 12.6 Å². The number of alkyl halides is 2. The zero-order valence-electron chi connectivity index (χ0n) is 11.9. The first-order valence-corrected chi connectivity index (χ1v) is 7.39. The quantitative estimate of drug-likeness (QED) is 0.898. The smallest absolute Gasteiger partial charge is 0.285 e. The Balaban J connectivity index is 1.61. The maximum atomic E-state index is 14.1. The maximum absolute atomic E-state index is 14.1. The molecule has 1 aliphatic rings. The van der Waals surface area contributed by atoms with Crippen LogP contribution in [-0.2, 0) is 18.8 Å². The lowest BCUT2D eigenvalue weighted by molar-refractivity contribution is -0.00611. The van der Waals surface area contributed by atoms with Gasteiger partial charge in [-0.2, -0.15) is 8.78 Å². The van der Waals surface area contributed by atoms with Gasteiger partial charge in [0.25, 0.3) is 5.92 Å². The molecule has 1 unspecified atom stereocenters. The number of hydrogen-bond donors (Lipinski definition) is 1. The Morgan fingerprint density at radius 3 is 2.38 bits per heavy atom. The molecule has 1 aliphatic carbocycles. The monoisotopic (exact) mass is 287 g/mol. The Bertz CT molecular complexity index is 595. The van der Waals surface area contributed by atoms with E-state index in [-0.39, 0.29) is 18.2 Å². The molecule has 0 bridgehead atoms. The number of halogens is 2. The van der Waals surface area contributed by atoms with Crippen molar-refractivity contribution < 1.29 is 8.78 Å². The largest absolute Gasteiger partial charge is 0.308 e. The minimum atomic E-state index is -2.82. The number of hydrogen-bond acceptors (Lipinski definition) is 1. The molecule has 0 aliphatic heterocycles. The third-order valence-electron chi connectivity index (χ3n) is 4.16. The minimum absolute atomic E-state index is 0.0775. The van der Waals surface area contributed by atoms with Gasteiger partial charge in [0, 0.05) is 11.6 Å². The van der Waals surface area contributed by atoms with Crippen LogP contribution in [0.4, 0.5) is 8.78 Å². The zero-order chi connectivity index (χ0) is 14.7. The molecule has 2 aromatic carbocycles. The second kappa shape index (κ2) is 5.94. The molecule has 2 aromatic rings. The van der Waals surface area contributed by atoms with Crippen LogP contribution in [0.5, 0.6) is 0 Å². The summed E-state index contributed by atoms with van der Waals surface area (Å²) in [5.74, 6) is -2.82. The van der Waals surface area contributed by atoms with E-state index in [2.05, 4.69) is 17.4 Å². The molecule has 0 heterocycles. The topological polar surface area (TPSA) is 12.0 Å². The fourth-order valence-corrected chi connectivity index (χ4v) is 2.93. The summed E-state index contributed by atoms with van der Waals surface area (Å²) in [7, 11) is 0. The lowest BCUT2D eigenvalue weighted by atomic mass is 9.88. The number of benzene rings is 2. The van der Waals surface area contributed by atoms with Crippen LogP contribution in [0.1, 0.15) is 23.1 Å². The van der Waals surface area contributed by atoms with E-state index < -0.39 is 5.92 Å². The molecule has 3 rings (SSSR count). The standard InChI is InChI=1S/C18H19F2N/c19-18(20,16-8-2-1-3-9-16)13-21-17-11-10-14-6-4-5-7-15(14)12-17/h1-9,17,21H,10-13H2. The minimum Gasteiger partial charge on any atom is -0.308 e. The lowest BCUT2D eigenvalue weighted by Gasteiger charge is -2.27. The molecular formula is C18H19F2N. The fraction of sp³-hybridized carbons (Fsp3) is 0.333. The second-order valence-electron chi connectivity index (χ2n) is 5.66. The van der Waals surface area contributed by atoms with Crippen molar-refractivity contribution in [3.05, 3.63) is 71.3 Å². The van der Waals surface area contributed by atoms with Crippen molar-refractivity contribution in [2.75, 3.05) is 6.54 Å². The second-order valence-corrected chi connectivity index (χ2v) is 5.66. The summed E-state index contributed by atoms with van der Waals surface area (Å²) in [5, 5.41) is 3.05. The van der Waals surface area contributed by atoms with Gasteiger partial charge in [-0.05, 0) is 30.4 Å². The van der Waals surface area contributed by atoms with Crippen molar-refractivity contribution in [1.29, 1.82) is 0 Å². The third-order valence-corrected chi connectivity index (χ3v) is 4.16. The van der Waals surface area contributed by atoms with E-state index in [0.717, 1.165) is 19.3 Å². The van der Waals surface area contributed by atoms with Gasteiger partial charge in [0.2, 0.25) is 0 Å². The van der Waals surface area contributed by atoms with E-state index in [1.165, 1.54) is 23.3 Å². The highest BCUT2D eigenvalue weighted by atomic mass is 19.3. The van der Waals surface area contributed by atoms with Gasteiger partial charge in [0.15, 0.2) is 0 Å². The van der Waals surface area contributed by atoms with Gasteiger partial charge in [-0.3, -0.25) is 0 Å².